The SMILES string of the molecule is Cc1ccc(C(N)C2CCC(C)C(C)C2)cc1C. The van der Waals surface area contributed by atoms with Gasteiger partial charge in [0.05, 0.1) is 0 Å². The first-order valence-corrected chi connectivity index (χ1v) is 7.31. The van der Waals surface area contributed by atoms with Gasteiger partial charge in [0.25, 0.3) is 0 Å². The third kappa shape index (κ3) is 2.77. The molecule has 1 heteroatoms. The van der Waals surface area contributed by atoms with E-state index in [0.29, 0.717) is 5.92 Å². The van der Waals surface area contributed by atoms with E-state index >= 15 is 0 Å². The van der Waals surface area contributed by atoms with E-state index in [1.165, 1.54) is 36.0 Å². The zero-order valence-electron chi connectivity index (χ0n) is 12.2. The molecule has 1 fully saturated rings. The van der Waals surface area contributed by atoms with Crippen LogP contribution in [0.4, 0.5) is 0 Å². The average Bonchev–Trinajstić information content (AvgIpc) is 2.35. The second-order valence-corrected chi connectivity index (χ2v) is 6.40. The van der Waals surface area contributed by atoms with Gasteiger partial charge in [0, 0.05) is 6.04 Å². The molecule has 0 heterocycles. The maximum atomic E-state index is 6.50. The molecule has 0 spiro atoms. The lowest BCUT2D eigenvalue weighted by Gasteiger charge is -2.35. The van der Waals surface area contributed by atoms with Gasteiger partial charge in [0.2, 0.25) is 0 Å². The van der Waals surface area contributed by atoms with Crippen LogP contribution in [0.1, 0.15) is 55.8 Å². The number of hydrogen-bond donors (Lipinski definition) is 1. The molecule has 1 saturated carbocycles. The van der Waals surface area contributed by atoms with Crippen LogP contribution in [-0.4, -0.2) is 0 Å². The second-order valence-electron chi connectivity index (χ2n) is 6.40. The number of hydrogen-bond acceptors (Lipinski definition) is 1. The lowest BCUT2D eigenvalue weighted by atomic mass is 9.72. The van der Waals surface area contributed by atoms with Crippen LogP contribution in [0.3, 0.4) is 0 Å². The van der Waals surface area contributed by atoms with Gasteiger partial charge in [-0.25, -0.2) is 0 Å². The molecule has 4 atom stereocenters. The summed E-state index contributed by atoms with van der Waals surface area (Å²) >= 11 is 0. The van der Waals surface area contributed by atoms with Gasteiger partial charge >= 0.3 is 0 Å². The molecule has 0 aromatic heterocycles. The fourth-order valence-corrected chi connectivity index (χ4v) is 3.16. The molecule has 1 aromatic rings. The molecular formula is C17H27N. The van der Waals surface area contributed by atoms with Crippen molar-refractivity contribution in [3.8, 4) is 0 Å². The van der Waals surface area contributed by atoms with E-state index in [-0.39, 0.29) is 6.04 Å². The summed E-state index contributed by atoms with van der Waals surface area (Å²) in [7, 11) is 0. The van der Waals surface area contributed by atoms with E-state index < -0.39 is 0 Å². The smallest absolute Gasteiger partial charge is 0.0323 e. The van der Waals surface area contributed by atoms with Crippen molar-refractivity contribution in [3.63, 3.8) is 0 Å². The van der Waals surface area contributed by atoms with Crippen LogP contribution in [0.25, 0.3) is 0 Å². The van der Waals surface area contributed by atoms with E-state index in [2.05, 4.69) is 45.9 Å². The van der Waals surface area contributed by atoms with Gasteiger partial charge in [0.15, 0.2) is 0 Å². The maximum Gasteiger partial charge on any atom is 0.0323 e. The highest BCUT2D eigenvalue weighted by Gasteiger charge is 2.29. The van der Waals surface area contributed by atoms with E-state index in [1.54, 1.807) is 0 Å². The summed E-state index contributed by atoms with van der Waals surface area (Å²) in [6.45, 7) is 9.10. The molecule has 0 amide bonds. The molecule has 2 N–H and O–H groups in total. The van der Waals surface area contributed by atoms with Crippen molar-refractivity contribution in [1.29, 1.82) is 0 Å². The van der Waals surface area contributed by atoms with Crippen molar-refractivity contribution in [3.05, 3.63) is 34.9 Å². The standard InChI is InChI=1S/C17H27N/c1-11-5-7-15(9-13(11)3)17(18)16-8-6-12(2)14(4)10-16/h5,7,9,12,14,16-17H,6,8,10,18H2,1-4H3. The molecule has 1 aliphatic rings. The zero-order valence-corrected chi connectivity index (χ0v) is 12.2. The van der Waals surface area contributed by atoms with Gasteiger partial charge in [-0.1, -0.05) is 38.5 Å². The maximum absolute atomic E-state index is 6.50. The predicted octanol–water partition coefficient (Wildman–Crippen LogP) is 4.38. The van der Waals surface area contributed by atoms with Crippen molar-refractivity contribution in [2.24, 2.45) is 23.5 Å². The molecule has 1 aliphatic carbocycles. The van der Waals surface area contributed by atoms with Crippen LogP contribution in [0, 0.1) is 31.6 Å². The Bertz CT molecular complexity index is 410. The first-order chi connectivity index (χ1) is 8.49. The molecule has 100 valence electrons. The summed E-state index contributed by atoms with van der Waals surface area (Å²) in [6, 6.07) is 6.93. The summed E-state index contributed by atoms with van der Waals surface area (Å²) in [5.74, 6) is 2.35. The molecule has 0 saturated heterocycles. The molecule has 1 nitrogen and oxygen atoms in total. The third-order valence-corrected chi connectivity index (χ3v) is 5.06. The van der Waals surface area contributed by atoms with Gasteiger partial charge in [0.1, 0.15) is 0 Å². The molecule has 1 aromatic carbocycles. The van der Waals surface area contributed by atoms with Crippen LogP contribution in [-0.2, 0) is 0 Å². The highest BCUT2D eigenvalue weighted by atomic mass is 14.7. The van der Waals surface area contributed by atoms with Gasteiger partial charge in [-0.15, -0.1) is 0 Å². The first-order valence-electron chi connectivity index (χ1n) is 7.31. The fourth-order valence-electron chi connectivity index (χ4n) is 3.16. The van der Waals surface area contributed by atoms with Gasteiger partial charge in [-0.05, 0) is 61.1 Å². The first kappa shape index (κ1) is 13.6. The normalized spacial score (nSPS) is 30.2. The van der Waals surface area contributed by atoms with Crippen molar-refractivity contribution in [2.45, 2.75) is 53.0 Å². The van der Waals surface area contributed by atoms with Crippen LogP contribution in [0.2, 0.25) is 0 Å². The molecule has 18 heavy (non-hydrogen) atoms. The Kier molecular flexibility index (Phi) is 4.11. The van der Waals surface area contributed by atoms with E-state index in [0.717, 1.165) is 11.8 Å². The molecule has 0 bridgehead atoms. The van der Waals surface area contributed by atoms with Gasteiger partial charge in [-0.3, -0.25) is 0 Å². The summed E-state index contributed by atoms with van der Waals surface area (Å²) in [4.78, 5) is 0. The largest absolute Gasteiger partial charge is 0.324 e. The van der Waals surface area contributed by atoms with Crippen LogP contribution in [0.15, 0.2) is 18.2 Å². The Morgan fingerprint density at radius 2 is 1.78 bits per heavy atom. The fraction of sp³-hybridized carbons (Fsp3) is 0.647. The Labute approximate surface area is 112 Å². The zero-order chi connectivity index (χ0) is 13.3. The summed E-state index contributed by atoms with van der Waals surface area (Å²) in [5, 5.41) is 0. The number of nitrogens with two attached hydrogens (primary N) is 1. The van der Waals surface area contributed by atoms with Crippen LogP contribution >= 0.6 is 0 Å². The molecule has 0 aliphatic heterocycles. The van der Waals surface area contributed by atoms with Crippen LogP contribution < -0.4 is 5.73 Å². The molecule has 4 unspecified atom stereocenters. The summed E-state index contributed by atoms with van der Waals surface area (Å²) in [5.41, 5.74) is 10.5. The number of aryl methyl sites for hydroxylation is 2. The topological polar surface area (TPSA) is 26.0 Å². The summed E-state index contributed by atoms with van der Waals surface area (Å²) in [6.07, 6.45) is 3.92. The Morgan fingerprint density at radius 1 is 1.06 bits per heavy atom. The van der Waals surface area contributed by atoms with E-state index in [1.807, 2.05) is 0 Å². The van der Waals surface area contributed by atoms with Gasteiger partial charge < -0.3 is 5.73 Å². The lowest BCUT2D eigenvalue weighted by Crippen LogP contribution is -2.29. The Morgan fingerprint density at radius 3 is 2.39 bits per heavy atom. The monoisotopic (exact) mass is 245 g/mol. The highest BCUT2D eigenvalue weighted by Crippen LogP contribution is 2.39. The minimum absolute atomic E-state index is 0.222. The van der Waals surface area contributed by atoms with Gasteiger partial charge in [-0.2, -0.15) is 0 Å². The Hall–Kier alpha value is -0.820. The quantitative estimate of drug-likeness (QED) is 0.822. The highest BCUT2D eigenvalue weighted by molar-refractivity contribution is 5.31. The summed E-state index contributed by atoms with van der Waals surface area (Å²) < 4.78 is 0. The van der Waals surface area contributed by atoms with E-state index in [4.69, 9.17) is 5.73 Å². The number of rotatable bonds is 2. The molecule has 2 rings (SSSR count). The van der Waals surface area contributed by atoms with Crippen molar-refractivity contribution in [2.75, 3.05) is 0 Å². The number of benzene rings is 1. The molecule has 0 radical (unpaired) electrons. The van der Waals surface area contributed by atoms with E-state index in [9.17, 15) is 0 Å². The van der Waals surface area contributed by atoms with Crippen molar-refractivity contribution in [1.82, 2.24) is 0 Å². The minimum Gasteiger partial charge on any atom is -0.324 e. The predicted molar refractivity (Wildman–Crippen MR) is 78.5 cm³/mol. The van der Waals surface area contributed by atoms with Crippen LogP contribution in [0.5, 0.6) is 0 Å². The lowest BCUT2D eigenvalue weighted by molar-refractivity contribution is 0.186. The minimum atomic E-state index is 0.222. The average molecular weight is 245 g/mol. The Balaban J connectivity index is 2.11. The van der Waals surface area contributed by atoms with Crippen molar-refractivity contribution >= 4 is 0 Å². The third-order valence-electron chi connectivity index (χ3n) is 5.06. The molecular weight excluding hydrogens is 218 g/mol. The second kappa shape index (κ2) is 5.44. The van der Waals surface area contributed by atoms with Crippen molar-refractivity contribution < 1.29 is 0 Å².